The maximum atomic E-state index is 3.54. The fourth-order valence-electron chi connectivity index (χ4n) is 2.26. The molecule has 16 heavy (non-hydrogen) atoms. The standard InChI is InChI=1S/C15H21N/c1-2-5-9-14(10-6-3-1)13-16-15-11-7-4-8-12-15/h1-2,4,7-8,11-12,14,16H,3,5-6,9-10,13H2. The van der Waals surface area contributed by atoms with E-state index >= 15 is 0 Å². The summed E-state index contributed by atoms with van der Waals surface area (Å²) in [6, 6.07) is 10.5. The van der Waals surface area contributed by atoms with Gasteiger partial charge in [-0.05, 0) is 50.2 Å². The van der Waals surface area contributed by atoms with Gasteiger partial charge in [0.25, 0.3) is 0 Å². The van der Waals surface area contributed by atoms with Crippen molar-refractivity contribution in [2.75, 3.05) is 11.9 Å². The first-order chi connectivity index (χ1) is 7.95. The molecule has 2 rings (SSSR count). The van der Waals surface area contributed by atoms with Crippen LogP contribution in [0.2, 0.25) is 0 Å². The van der Waals surface area contributed by atoms with Crippen molar-refractivity contribution in [3.05, 3.63) is 42.5 Å². The molecule has 86 valence electrons. The summed E-state index contributed by atoms with van der Waals surface area (Å²) >= 11 is 0. The molecule has 0 amide bonds. The molecule has 0 radical (unpaired) electrons. The Morgan fingerprint density at radius 3 is 2.69 bits per heavy atom. The lowest BCUT2D eigenvalue weighted by atomic mass is 9.94. The second kappa shape index (κ2) is 6.37. The van der Waals surface area contributed by atoms with Gasteiger partial charge in [0.1, 0.15) is 0 Å². The van der Waals surface area contributed by atoms with Gasteiger partial charge in [-0.25, -0.2) is 0 Å². The highest BCUT2D eigenvalue weighted by atomic mass is 14.9. The van der Waals surface area contributed by atoms with Crippen molar-refractivity contribution in [1.82, 2.24) is 0 Å². The molecular weight excluding hydrogens is 194 g/mol. The zero-order chi connectivity index (χ0) is 11.1. The van der Waals surface area contributed by atoms with Crippen LogP contribution in [0, 0.1) is 5.92 Å². The van der Waals surface area contributed by atoms with Crippen LogP contribution >= 0.6 is 0 Å². The minimum absolute atomic E-state index is 0.838. The van der Waals surface area contributed by atoms with E-state index in [0.717, 1.165) is 12.5 Å². The Morgan fingerprint density at radius 2 is 1.81 bits per heavy atom. The van der Waals surface area contributed by atoms with Crippen molar-refractivity contribution in [3.8, 4) is 0 Å². The molecule has 1 aromatic carbocycles. The van der Waals surface area contributed by atoms with Gasteiger partial charge in [-0.3, -0.25) is 0 Å². The number of para-hydroxylation sites is 1. The minimum Gasteiger partial charge on any atom is -0.385 e. The SMILES string of the molecule is C1=CCCC(CNc2ccccc2)CCC1. The molecule has 1 nitrogen and oxygen atoms in total. The molecule has 0 spiro atoms. The molecule has 1 atom stereocenters. The molecule has 1 aliphatic rings. The molecule has 0 saturated carbocycles. The lowest BCUT2D eigenvalue weighted by Crippen LogP contribution is -2.14. The van der Waals surface area contributed by atoms with Gasteiger partial charge in [0.05, 0.1) is 0 Å². The summed E-state index contributed by atoms with van der Waals surface area (Å²) in [4.78, 5) is 0. The van der Waals surface area contributed by atoms with E-state index in [1.165, 1.54) is 37.8 Å². The Balaban J connectivity index is 1.78. The van der Waals surface area contributed by atoms with E-state index in [-0.39, 0.29) is 0 Å². The van der Waals surface area contributed by atoms with Crippen LogP contribution in [-0.2, 0) is 0 Å². The van der Waals surface area contributed by atoms with E-state index in [9.17, 15) is 0 Å². The minimum atomic E-state index is 0.838. The number of allylic oxidation sites excluding steroid dienone is 2. The van der Waals surface area contributed by atoms with Gasteiger partial charge >= 0.3 is 0 Å². The molecule has 1 N–H and O–H groups in total. The molecule has 0 heterocycles. The third-order valence-electron chi connectivity index (χ3n) is 3.26. The molecule has 0 saturated heterocycles. The van der Waals surface area contributed by atoms with Crippen LogP contribution in [0.3, 0.4) is 0 Å². The van der Waals surface area contributed by atoms with Gasteiger partial charge in [-0.15, -0.1) is 0 Å². The summed E-state index contributed by atoms with van der Waals surface area (Å²) in [6.45, 7) is 1.12. The van der Waals surface area contributed by atoms with Gasteiger partial charge < -0.3 is 5.32 Å². The van der Waals surface area contributed by atoms with Gasteiger partial charge in [-0.2, -0.15) is 0 Å². The average molecular weight is 215 g/mol. The summed E-state index contributed by atoms with van der Waals surface area (Å²) in [6.07, 6.45) is 11.2. The van der Waals surface area contributed by atoms with Crippen LogP contribution in [0.5, 0.6) is 0 Å². The Hall–Kier alpha value is -1.24. The lowest BCUT2D eigenvalue weighted by Gasteiger charge is -2.18. The Kier molecular flexibility index (Phi) is 4.48. The maximum Gasteiger partial charge on any atom is 0.0340 e. The van der Waals surface area contributed by atoms with E-state index < -0.39 is 0 Å². The Bertz CT molecular complexity index is 315. The fraction of sp³-hybridized carbons (Fsp3) is 0.467. The number of nitrogens with one attached hydrogen (secondary N) is 1. The van der Waals surface area contributed by atoms with Crippen LogP contribution in [0.15, 0.2) is 42.5 Å². The van der Waals surface area contributed by atoms with Crippen LogP contribution in [0.4, 0.5) is 5.69 Å². The molecule has 0 aromatic heterocycles. The highest BCUT2D eigenvalue weighted by Crippen LogP contribution is 2.19. The van der Waals surface area contributed by atoms with Crippen molar-refractivity contribution in [2.24, 2.45) is 5.92 Å². The normalized spacial score (nSPS) is 21.1. The van der Waals surface area contributed by atoms with Gasteiger partial charge in [0.15, 0.2) is 0 Å². The number of rotatable bonds is 3. The molecule has 0 aliphatic heterocycles. The first-order valence-corrected chi connectivity index (χ1v) is 6.39. The second-order valence-electron chi connectivity index (χ2n) is 4.59. The number of hydrogen-bond donors (Lipinski definition) is 1. The van der Waals surface area contributed by atoms with E-state index in [0.29, 0.717) is 0 Å². The predicted octanol–water partition coefficient (Wildman–Crippen LogP) is 4.24. The lowest BCUT2D eigenvalue weighted by molar-refractivity contribution is 0.456. The van der Waals surface area contributed by atoms with Gasteiger partial charge in [-0.1, -0.05) is 30.4 Å². The first-order valence-electron chi connectivity index (χ1n) is 6.39. The molecule has 1 unspecified atom stereocenters. The third-order valence-corrected chi connectivity index (χ3v) is 3.26. The number of hydrogen-bond acceptors (Lipinski definition) is 1. The first kappa shape index (κ1) is 11.3. The van der Waals surface area contributed by atoms with Crippen LogP contribution in [0.25, 0.3) is 0 Å². The quantitative estimate of drug-likeness (QED) is 0.744. The van der Waals surface area contributed by atoms with E-state index in [4.69, 9.17) is 0 Å². The van der Waals surface area contributed by atoms with E-state index in [1.807, 2.05) is 0 Å². The van der Waals surface area contributed by atoms with E-state index in [1.54, 1.807) is 0 Å². The smallest absolute Gasteiger partial charge is 0.0340 e. The predicted molar refractivity (Wildman–Crippen MR) is 70.6 cm³/mol. The summed E-state index contributed by atoms with van der Waals surface area (Å²) < 4.78 is 0. The summed E-state index contributed by atoms with van der Waals surface area (Å²) in [5.41, 5.74) is 1.25. The average Bonchev–Trinajstić information content (AvgIpc) is 2.29. The van der Waals surface area contributed by atoms with Crippen molar-refractivity contribution in [1.29, 1.82) is 0 Å². The van der Waals surface area contributed by atoms with Crippen LogP contribution < -0.4 is 5.32 Å². The second-order valence-corrected chi connectivity index (χ2v) is 4.59. The van der Waals surface area contributed by atoms with Crippen molar-refractivity contribution < 1.29 is 0 Å². The van der Waals surface area contributed by atoms with Crippen LogP contribution in [0.1, 0.15) is 32.1 Å². The van der Waals surface area contributed by atoms with Crippen molar-refractivity contribution in [2.45, 2.75) is 32.1 Å². The zero-order valence-corrected chi connectivity index (χ0v) is 9.86. The maximum absolute atomic E-state index is 3.54. The summed E-state index contributed by atoms with van der Waals surface area (Å²) in [7, 11) is 0. The summed E-state index contributed by atoms with van der Waals surface area (Å²) in [5, 5.41) is 3.54. The molecular formula is C15H21N. The molecule has 1 heteroatoms. The van der Waals surface area contributed by atoms with Gasteiger partial charge in [0, 0.05) is 12.2 Å². The highest BCUT2D eigenvalue weighted by molar-refractivity contribution is 5.42. The van der Waals surface area contributed by atoms with Crippen LogP contribution in [-0.4, -0.2) is 6.54 Å². The molecule has 1 aliphatic carbocycles. The summed E-state index contributed by atoms with van der Waals surface area (Å²) in [5.74, 6) is 0.838. The molecule has 1 aromatic rings. The van der Waals surface area contributed by atoms with E-state index in [2.05, 4.69) is 47.8 Å². The fourth-order valence-corrected chi connectivity index (χ4v) is 2.26. The Morgan fingerprint density at radius 1 is 1.00 bits per heavy atom. The number of benzene rings is 1. The molecule has 0 fully saturated rings. The van der Waals surface area contributed by atoms with Crippen molar-refractivity contribution in [3.63, 3.8) is 0 Å². The zero-order valence-electron chi connectivity index (χ0n) is 9.86. The highest BCUT2D eigenvalue weighted by Gasteiger charge is 2.08. The number of anilines is 1. The third kappa shape index (κ3) is 3.73. The monoisotopic (exact) mass is 215 g/mol. The Labute approximate surface area is 98.6 Å². The topological polar surface area (TPSA) is 12.0 Å². The van der Waals surface area contributed by atoms with Crippen molar-refractivity contribution >= 4 is 5.69 Å². The molecule has 0 bridgehead atoms. The van der Waals surface area contributed by atoms with Gasteiger partial charge in [0.2, 0.25) is 0 Å². The largest absolute Gasteiger partial charge is 0.385 e.